The van der Waals surface area contributed by atoms with Gasteiger partial charge in [0.15, 0.2) is 5.76 Å². The van der Waals surface area contributed by atoms with Crippen molar-refractivity contribution in [2.24, 2.45) is 0 Å². The first-order chi connectivity index (χ1) is 17.2. The molecule has 1 N–H and O–H groups in total. The maximum absolute atomic E-state index is 13.9. The number of hydrogen-bond acceptors (Lipinski definition) is 3. The van der Waals surface area contributed by atoms with Gasteiger partial charge >= 0.3 is 0 Å². The van der Waals surface area contributed by atoms with Gasteiger partial charge in [-0.3, -0.25) is 9.59 Å². The first kappa shape index (κ1) is 22.0. The zero-order valence-electron chi connectivity index (χ0n) is 20.1. The quantitative estimate of drug-likeness (QED) is 0.371. The maximum Gasteiger partial charge on any atom is 0.290 e. The molecule has 6 heteroatoms. The molecule has 6 nitrogen and oxygen atoms in total. The molecule has 0 bridgehead atoms. The minimum absolute atomic E-state index is 0.0413. The number of nitrogens with zero attached hydrogens (tertiary/aromatic N) is 2. The first-order valence-corrected chi connectivity index (χ1v) is 12.8. The van der Waals surface area contributed by atoms with E-state index in [1.54, 1.807) is 17.0 Å². The number of para-hydroxylation sites is 1. The van der Waals surface area contributed by atoms with Crippen LogP contribution in [0.5, 0.6) is 0 Å². The molecule has 0 radical (unpaired) electrons. The van der Waals surface area contributed by atoms with E-state index in [0.29, 0.717) is 0 Å². The standard InChI is InChI=1S/C29H31N3O3/c1-2-31-24-11-6-5-10-22(24)23-18-19(13-16-25(23)31)27(28(33)30-20-8-3-4-9-20)32(21-14-15-21)29(34)26-12-7-17-35-26/h5-7,10-13,16-18,20-21,27H,2-4,8-9,14-15H2,1H3,(H,30,33). The number of amides is 2. The second kappa shape index (κ2) is 8.91. The predicted octanol–water partition coefficient (Wildman–Crippen LogP) is 5.81. The number of aryl methyl sites for hydroxylation is 1. The summed E-state index contributed by atoms with van der Waals surface area (Å²) in [5.74, 6) is -0.0401. The van der Waals surface area contributed by atoms with E-state index in [9.17, 15) is 9.59 Å². The summed E-state index contributed by atoms with van der Waals surface area (Å²) in [6, 6.07) is 17.5. The van der Waals surface area contributed by atoms with Gasteiger partial charge in [0.25, 0.3) is 5.91 Å². The van der Waals surface area contributed by atoms with E-state index in [0.717, 1.165) is 66.9 Å². The van der Waals surface area contributed by atoms with Gasteiger partial charge < -0.3 is 19.2 Å². The summed E-state index contributed by atoms with van der Waals surface area (Å²) in [6.45, 7) is 3.01. The predicted molar refractivity (Wildman–Crippen MR) is 136 cm³/mol. The van der Waals surface area contributed by atoms with Crippen LogP contribution in [0, 0.1) is 0 Å². The van der Waals surface area contributed by atoms with Crippen LogP contribution in [0.3, 0.4) is 0 Å². The number of hydrogen-bond donors (Lipinski definition) is 1. The number of fused-ring (bicyclic) bond motifs is 3. The molecule has 2 aliphatic rings. The molecule has 2 aromatic carbocycles. The summed E-state index contributed by atoms with van der Waals surface area (Å²) >= 11 is 0. The fourth-order valence-corrected chi connectivity index (χ4v) is 5.74. The normalized spacial score (nSPS) is 17.2. The topological polar surface area (TPSA) is 67.5 Å². The molecular weight excluding hydrogens is 438 g/mol. The smallest absolute Gasteiger partial charge is 0.290 e. The Morgan fingerprint density at radius 3 is 2.49 bits per heavy atom. The number of aromatic nitrogens is 1. The Hall–Kier alpha value is -3.54. The van der Waals surface area contributed by atoms with Crippen LogP contribution in [0.2, 0.25) is 0 Å². The summed E-state index contributed by atoms with van der Waals surface area (Å²) < 4.78 is 7.77. The van der Waals surface area contributed by atoms with Crippen molar-refractivity contribution in [1.82, 2.24) is 14.8 Å². The zero-order valence-corrected chi connectivity index (χ0v) is 20.1. The molecule has 2 amide bonds. The molecule has 35 heavy (non-hydrogen) atoms. The largest absolute Gasteiger partial charge is 0.459 e. The Kier molecular flexibility index (Phi) is 5.59. The van der Waals surface area contributed by atoms with Crippen LogP contribution in [-0.4, -0.2) is 33.4 Å². The van der Waals surface area contributed by atoms with Gasteiger partial charge in [0, 0.05) is 40.4 Å². The lowest BCUT2D eigenvalue weighted by atomic mass is 10.00. The Labute approximate surface area is 204 Å². The summed E-state index contributed by atoms with van der Waals surface area (Å²) in [6.07, 6.45) is 7.57. The third-order valence-electron chi connectivity index (χ3n) is 7.56. The first-order valence-electron chi connectivity index (χ1n) is 12.8. The third kappa shape index (κ3) is 3.91. The fourth-order valence-electron chi connectivity index (χ4n) is 5.74. The van der Waals surface area contributed by atoms with Crippen LogP contribution in [0.4, 0.5) is 0 Å². The minimum atomic E-state index is -0.700. The van der Waals surface area contributed by atoms with E-state index in [-0.39, 0.29) is 29.7 Å². The van der Waals surface area contributed by atoms with E-state index in [1.165, 1.54) is 11.8 Å². The number of nitrogens with one attached hydrogen (secondary N) is 1. The Balaban J connectivity index is 1.48. The highest BCUT2D eigenvalue weighted by atomic mass is 16.3. The van der Waals surface area contributed by atoms with Crippen LogP contribution in [0.15, 0.2) is 65.3 Å². The number of rotatable bonds is 7. The van der Waals surface area contributed by atoms with Gasteiger partial charge in [0.05, 0.1) is 6.26 Å². The van der Waals surface area contributed by atoms with Crippen LogP contribution >= 0.6 is 0 Å². The molecule has 0 aliphatic heterocycles. The molecular formula is C29H31N3O3. The molecule has 0 saturated heterocycles. The van der Waals surface area contributed by atoms with Crippen molar-refractivity contribution in [3.05, 3.63) is 72.2 Å². The third-order valence-corrected chi connectivity index (χ3v) is 7.56. The number of benzene rings is 2. The van der Waals surface area contributed by atoms with E-state index >= 15 is 0 Å². The zero-order chi connectivity index (χ0) is 23.9. The van der Waals surface area contributed by atoms with Gasteiger partial charge in [-0.05, 0) is 68.5 Å². The van der Waals surface area contributed by atoms with Gasteiger partial charge in [-0.1, -0.05) is 37.1 Å². The molecule has 2 aliphatic carbocycles. The second-order valence-corrected chi connectivity index (χ2v) is 9.85. The lowest BCUT2D eigenvalue weighted by Gasteiger charge is -2.32. The van der Waals surface area contributed by atoms with Crippen LogP contribution in [0.25, 0.3) is 21.8 Å². The lowest BCUT2D eigenvalue weighted by molar-refractivity contribution is -0.126. The molecule has 1 unspecified atom stereocenters. The molecule has 4 aromatic rings. The van der Waals surface area contributed by atoms with Crippen LogP contribution < -0.4 is 5.32 Å². The monoisotopic (exact) mass is 469 g/mol. The molecule has 2 saturated carbocycles. The average Bonchev–Trinajstić information content (AvgIpc) is 3.26. The van der Waals surface area contributed by atoms with Gasteiger partial charge in [0.1, 0.15) is 6.04 Å². The van der Waals surface area contributed by atoms with Gasteiger partial charge in [-0.2, -0.15) is 0 Å². The van der Waals surface area contributed by atoms with Crippen molar-refractivity contribution in [3.63, 3.8) is 0 Å². The van der Waals surface area contributed by atoms with E-state index in [2.05, 4.69) is 53.2 Å². The Bertz CT molecular complexity index is 1380. The maximum atomic E-state index is 13.9. The van der Waals surface area contributed by atoms with Gasteiger partial charge in [-0.15, -0.1) is 0 Å². The molecule has 1 atom stereocenters. The van der Waals surface area contributed by atoms with E-state index in [1.807, 2.05) is 6.07 Å². The SMILES string of the molecule is CCn1c2ccccc2c2cc(C(C(=O)NC3CCCC3)N(C(=O)c3ccco3)C3CC3)ccc21. The van der Waals surface area contributed by atoms with Gasteiger partial charge in [-0.25, -0.2) is 0 Å². The van der Waals surface area contributed by atoms with Crippen molar-refractivity contribution in [2.45, 2.75) is 70.1 Å². The second-order valence-electron chi connectivity index (χ2n) is 9.85. The van der Waals surface area contributed by atoms with Gasteiger partial charge in [0.2, 0.25) is 5.91 Å². The van der Waals surface area contributed by atoms with Crippen LogP contribution in [-0.2, 0) is 11.3 Å². The fraction of sp³-hybridized carbons (Fsp3) is 0.379. The molecule has 6 rings (SSSR count). The average molecular weight is 470 g/mol. The van der Waals surface area contributed by atoms with E-state index in [4.69, 9.17) is 4.42 Å². The highest BCUT2D eigenvalue weighted by molar-refractivity contribution is 6.08. The number of carbonyl (C=O) groups excluding carboxylic acids is 2. The van der Waals surface area contributed by atoms with Crippen LogP contribution in [0.1, 0.15) is 67.6 Å². The molecule has 2 fully saturated rings. The molecule has 2 heterocycles. The number of carbonyl (C=O) groups is 2. The molecule has 0 spiro atoms. The highest BCUT2D eigenvalue weighted by Crippen LogP contribution is 2.39. The molecule has 2 aromatic heterocycles. The summed E-state index contributed by atoms with van der Waals surface area (Å²) in [4.78, 5) is 29.3. The van der Waals surface area contributed by atoms with Crippen molar-refractivity contribution < 1.29 is 14.0 Å². The Morgan fingerprint density at radius 2 is 1.77 bits per heavy atom. The van der Waals surface area contributed by atoms with E-state index < -0.39 is 6.04 Å². The van der Waals surface area contributed by atoms with Crippen molar-refractivity contribution >= 4 is 33.6 Å². The highest BCUT2D eigenvalue weighted by Gasteiger charge is 2.43. The molecule has 180 valence electrons. The van der Waals surface area contributed by atoms with Crippen molar-refractivity contribution in [2.75, 3.05) is 0 Å². The summed E-state index contributed by atoms with van der Waals surface area (Å²) in [7, 11) is 0. The minimum Gasteiger partial charge on any atom is -0.459 e. The summed E-state index contributed by atoms with van der Waals surface area (Å²) in [5, 5.41) is 5.55. The van der Waals surface area contributed by atoms with Crippen molar-refractivity contribution in [1.29, 1.82) is 0 Å². The summed E-state index contributed by atoms with van der Waals surface area (Å²) in [5.41, 5.74) is 3.17. The Morgan fingerprint density at radius 1 is 1.00 bits per heavy atom. The van der Waals surface area contributed by atoms with Crippen molar-refractivity contribution in [3.8, 4) is 0 Å². The lowest BCUT2D eigenvalue weighted by Crippen LogP contribution is -2.47. The number of furan rings is 1.